The van der Waals surface area contributed by atoms with Gasteiger partial charge in [0.25, 0.3) is 0 Å². The van der Waals surface area contributed by atoms with Crippen molar-refractivity contribution in [2.45, 2.75) is 62.0 Å². The van der Waals surface area contributed by atoms with Crippen LogP contribution in [0.4, 0.5) is 4.39 Å². The summed E-state index contributed by atoms with van der Waals surface area (Å²) in [5.74, 6) is -0.364. The zero-order chi connectivity index (χ0) is 15.1. The van der Waals surface area contributed by atoms with E-state index in [-0.39, 0.29) is 16.3 Å². The summed E-state index contributed by atoms with van der Waals surface area (Å²) >= 11 is 0. The molecule has 0 amide bonds. The summed E-state index contributed by atoms with van der Waals surface area (Å²) in [5, 5.41) is 3.21. The first-order valence-electron chi connectivity index (χ1n) is 7.44. The molecule has 0 atom stereocenters. The van der Waals surface area contributed by atoms with Gasteiger partial charge in [-0.2, -0.15) is 0 Å². The first kappa shape index (κ1) is 14.9. The first-order chi connectivity index (χ1) is 9.88. The molecule has 2 aliphatic carbocycles. The molecule has 2 N–H and O–H groups in total. The van der Waals surface area contributed by atoms with Crippen LogP contribution in [-0.2, 0) is 16.6 Å². The third-order valence-electron chi connectivity index (χ3n) is 4.32. The third kappa shape index (κ3) is 3.44. The highest BCUT2D eigenvalue weighted by Crippen LogP contribution is 2.32. The van der Waals surface area contributed by atoms with Crippen molar-refractivity contribution in [2.24, 2.45) is 0 Å². The van der Waals surface area contributed by atoms with Crippen LogP contribution in [0.25, 0.3) is 0 Å². The molecular formula is C15H21FN2O2S. The van der Waals surface area contributed by atoms with Crippen molar-refractivity contribution in [3.63, 3.8) is 0 Å². The molecule has 116 valence electrons. The van der Waals surface area contributed by atoms with Crippen molar-refractivity contribution < 1.29 is 12.8 Å². The highest BCUT2D eigenvalue weighted by atomic mass is 32.2. The van der Waals surface area contributed by atoms with Crippen molar-refractivity contribution in [2.75, 3.05) is 0 Å². The van der Waals surface area contributed by atoms with Gasteiger partial charge in [0.1, 0.15) is 5.82 Å². The minimum Gasteiger partial charge on any atom is -0.310 e. The maximum atomic E-state index is 13.8. The molecule has 4 nitrogen and oxygen atoms in total. The minimum atomic E-state index is -3.59. The van der Waals surface area contributed by atoms with Gasteiger partial charge in [-0.3, -0.25) is 0 Å². The molecule has 3 rings (SSSR count). The molecule has 0 aliphatic heterocycles. The predicted octanol–water partition coefficient (Wildman–Crippen LogP) is 2.30. The highest BCUT2D eigenvalue weighted by molar-refractivity contribution is 7.89. The van der Waals surface area contributed by atoms with E-state index in [4.69, 9.17) is 0 Å². The fourth-order valence-electron chi connectivity index (χ4n) is 2.59. The second-order valence-corrected chi connectivity index (χ2v) is 8.11. The van der Waals surface area contributed by atoms with Crippen LogP contribution >= 0.6 is 0 Å². The Morgan fingerprint density at radius 2 is 2.05 bits per heavy atom. The highest BCUT2D eigenvalue weighted by Gasteiger charge is 2.36. The van der Waals surface area contributed by atoms with Gasteiger partial charge in [-0.25, -0.2) is 17.5 Å². The molecule has 1 aromatic carbocycles. The summed E-state index contributed by atoms with van der Waals surface area (Å²) in [6.07, 6.45) is 4.96. The molecule has 0 bridgehead atoms. The third-order valence-corrected chi connectivity index (χ3v) is 5.96. The van der Waals surface area contributed by atoms with E-state index in [1.54, 1.807) is 0 Å². The van der Waals surface area contributed by atoms with Crippen LogP contribution in [0.3, 0.4) is 0 Å². The summed E-state index contributed by atoms with van der Waals surface area (Å²) in [7, 11) is -3.59. The van der Waals surface area contributed by atoms with E-state index in [0.717, 1.165) is 32.1 Å². The average molecular weight is 312 g/mol. The lowest BCUT2D eigenvalue weighted by Crippen LogP contribution is -2.50. The van der Waals surface area contributed by atoms with E-state index >= 15 is 0 Å². The van der Waals surface area contributed by atoms with Crippen molar-refractivity contribution >= 4 is 10.0 Å². The molecule has 0 spiro atoms. The molecule has 0 heterocycles. The number of hydrogen-bond acceptors (Lipinski definition) is 3. The van der Waals surface area contributed by atoms with Gasteiger partial charge in [-0.15, -0.1) is 0 Å². The smallest absolute Gasteiger partial charge is 0.241 e. The lowest BCUT2D eigenvalue weighted by atomic mass is 9.80. The molecule has 1 aromatic rings. The summed E-state index contributed by atoms with van der Waals surface area (Å²) in [6.45, 7) is 2.28. The Labute approximate surface area is 125 Å². The van der Waals surface area contributed by atoms with E-state index in [0.29, 0.717) is 18.2 Å². The van der Waals surface area contributed by atoms with Gasteiger partial charge < -0.3 is 5.32 Å². The van der Waals surface area contributed by atoms with Gasteiger partial charge in [0.05, 0.1) is 4.90 Å². The zero-order valence-electron chi connectivity index (χ0n) is 12.2. The standard InChI is InChI=1S/C15H21FN2O2S/c1-15(7-2-8-15)18-21(19,20)13-5-6-14(16)11(9-13)10-17-12-3-4-12/h5-6,9,12,17-18H,2-4,7-8,10H2,1H3. The minimum absolute atomic E-state index is 0.143. The molecular weight excluding hydrogens is 291 g/mol. The Morgan fingerprint density at radius 1 is 1.33 bits per heavy atom. The number of halogens is 1. The lowest BCUT2D eigenvalue weighted by Gasteiger charge is -2.38. The molecule has 0 saturated heterocycles. The zero-order valence-corrected chi connectivity index (χ0v) is 13.0. The number of sulfonamides is 1. The van der Waals surface area contributed by atoms with E-state index in [1.165, 1.54) is 18.2 Å². The Kier molecular flexibility index (Phi) is 3.80. The molecule has 2 aliphatic rings. The van der Waals surface area contributed by atoms with E-state index in [9.17, 15) is 12.8 Å². The summed E-state index contributed by atoms with van der Waals surface area (Å²) in [5.41, 5.74) is 0.0585. The fourth-order valence-corrected chi connectivity index (χ4v) is 4.10. The van der Waals surface area contributed by atoms with Crippen LogP contribution in [0.2, 0.25) is 0 Å². The van der Waals surface area contributed by atoms with Gasteiger partial charge in [-0.1, -0.05) is 0 Å². The van der Waals surface area contributed by atoms with Crippen LogP contribution in [-0.4, -0.2) is 20.0 Å². The summed E-state index contributed by atoms with van der Waals surface area (Å²) in [4.78, 5) is 0.143. The predicted molar refractivity (Wildman–Crippen MR) is 78.8 cm³/mol. The SMILES string of the molecule is CC1(NS(=O)(=O)c2ccc(F)c(CNC3CC3)c2)CCC1. The topological polar surface area (TPSA) is 58.2 Å². The Bertz CT molecular complexity index is 637. The quantitative estimate of drug-likeness (QED) is 0.847. The van der Waals surface area contributed by atoms with Crippen molar-refractivity contribution in [3.05, 3.63) is 29.6 Å². The Morgan fingerprint density at radius 3 is 2.62 bits per heavy atom. The molecule has 0 radical (unpaired) electrons. The van der Waals surface area contributed by atoms with Gasteiger partial charge in [0, 0.05) is 23.7 Å². The van der Waals surface area contributed by atoms with Crippen LogP contribution in [0.5, 0.6) is 0 Å². The van der Waals surface area contributed by atoms with Crippen LogP contribution in [0, 0.1) is 5.82 Å². The largest absolute Gasteiger partial charge is 0.310 e. The van der Waals surface area contributed by atoms with Crippen LogP contribution in [0.1, 0.15) is 44.6 Å². The normalized spacial score (nSPS) is 21.0. The van der Waals surface area contributed by atoms with Crippen LogP contribution < -0.4 is 10.0 Å². The second-order valence-electron chi connectivity index (χ2n) is 6.43. The van der Waals surface area contributed by atoms with Gasteiger partial charge >= 0.3 is 0 Å². The molecule has 0 unspecified atom stereocenters. The average Bonchev–Trinajstić information content (AvgIpc) is 3.19. The molecule has 6 heteroatoms. The van der Waals surface area contributed by atoms with Gasteiger partial charge in [0.15, 0.2) is 0 Å². The van der Waals surface area contributed by atoms with E-state index in [1.807, 2.05) is 6.92 Å². The summed E-state index contributed by atoms with van der Waals surface area (Å²) < 4.78 is 41.3. The Balaban J connectivity index is 1.78. The number of benzene rings is 1. The molecule has 21 heavy (non-hydrogen) atoms. The maximum absolute atomic E-state index is 13.8. The molecule has 0 aromatic heterocycles. The second kappa shape index (κ2) is 5.34. The van der Waals surface area contributed by atoms with Crippen molar-refractivity contribution in [1.82, 2.24) is 10.0 Å². The monoisotopic (exact) mass is 312 g/mol. The fraction of sp³-hybridized carbons (Fsp3) is 0.600. The van der Waals surface area contributed by atoms with Gasteiger partial charge in [0.2, 0.25) is 10.0 Å². The van der Waals surface area contributed by atoms with Gasteiger partial charge in [-0.05, 0) is 57.2 Å². The Hall–Kier alpha value is -0.980. The van der Waals surface area contributed by atoms with Crippen molar-refractivity contribution in [3.8, 4) is 0 Å². The molecule has 2 fully saturated rings. The maximum Gasteiger partial charge on any atom is 0.241 e. The van der Waals surface area contributed by atoms with E-state index < -0.39 is 10.0 Å². The molecule has 2 saturated carbocycles. The first-order valence-corrected chi connectivity index (χ1v) is 8.92. The number of rotatable bonds is 6. The lowest BCUT2D eigenvalue weighted by molar-refractivity contribution is 0.248. The van der Waals surface area contributed by atoms with Crippen LogP contribution in [0.15, 0.2) is 23.1 Å². The number of nitrogens with one attached hydrogen (secondary N) is 2. The summed E-state index contributed by atoms with van der Waals surface area (Å²) in [6, 6.07) is 4.47. The number of hydrogen-bond donors (Lipinski definition) is 2. The van der Waals surface area contributed by atoms with Crippen molar-refractivity contribution in [1.29, 1.82) is 0 Å². The van der Waals surface area contributed by atoms with E-state index in [2.05, 4.69) is 10.0 Å².